The van der Waals surface area contributed by atoms with Gasteiger partial charge in [-0.3, -0.25) is 14.9 Å². The summed E-state index contributed by atoms with van der Waals surface area (Å²) in [6.45, 7) is 4.30. The monoisotopic (exact) mass is 398 g/mol. The van der Waals surface area contributed by atoms with Gasteiger partial charge in [0.1, 0.15) is 11.3 Å². The Bertz CT molecular complexity index is 984. The Labute approximate surface area is 167 Å². The van der Waals surface area contributed by atoms with Crippen molar-refractivity contribution in [3.05, 3.63) is 64.2 Å². The Morgan fingerprint density at radius 1 is 1.14 bits per heavy atom. The number of halogens is 1. The molecule has 0 spiro atoms. The molecular weight excluding hydrogens is 380 g/mol. The van der Waals surface area contributed by atoms with Gasteiger partial charge in [-0.25, -0.2) is 9.69 Å². The average molecular weight is 399 g/mol. The van der Waals surface area contributed by atoms with E-state index in [9.17, 15) is 14.4 Å². The fourth-order valence-electron chi connectivity index (χ4n) is 2.71. The summed E-state index contributed by atoms with van der Waals surface area (Å²) in [4.78, 5) is 38.5. The summed E-state index contributed by atoms with van der Waals surface area (Å²) >= 11 is 6.12. The van der Waals surface area contributed by atoms with Crippen LogP contribution in [0.3, 0.4) is 0 Å². The first-order valence-corrected chi connectivity index (χ1v) is 9.19. The van der Waals surface area contributed by atoms with Crippen molar-refractivity contribution in [3.8, 4) is 5.75 Å². The van der Waals surface area contributed by atoms with Crippen molar-refractivity contribution >= 4 is 41.2 Å². The third kappa shape index (κ3) is 3.92. The van der Waals surface area contributed by atoms with E-state index in [1.54, 1.807) is 36.4 Å². The van der Waals surface area contributed by atoms with E-state index in [0.29, 0.717) is 22.9 Å². The first kappa shape index (κ1) is 19.6. The highest BCUT2D eigenvalue weighted by atomic mass is 35.5. The Morgan fingerprint density at radius 2 is 1.89 bits per heavy atom. The number of imide groups is 2. The van der Waals surface area contributed by atoms with Crippen LogP contribution in [0.15, 0.2) is 48.0 Å². The lowest BCUT2D eigenvalue weighted by Gasteiger charge is -2.26. The van der Waals surface area contributed by atoms with Crippen LogP contribution in [-0.2, 0) is 9.59 Å². The van der Waals surface area contributed by atoms with Crippen molar-refractivity contribution in [1.82, 2.24) is 5.32 Å². The molecule has 28 heavy (non-hydrogen) atoms. The van der Waals surface area contributed by atoms with Crippen molar-refractivity contribution in [2.24, 2.45) is 0 Å². The lowest BCUT2D eigenvalue weighted by Crippen LogP contribution is -2.54. The second-order valence-corrected chi connectivity index (χ2v) is 6.68. The molecule has 0 atom stereocenters. The number of hydrogen-bond acceptors (Lipinski definition) is 4. The van der Waals surface area contributed by atoms with Gasteiger partial charge in [-0.2, -0.15) is 0 Å². The molecule has 1 saturated heterocycles. The van der Waals surface area contributed by atoms with Gasteiger partial charge in [0, 0.05) is 10.6 Å². The quantitative estimate of drug-likeness (QED) is 0.607. The van der Waals surface area contributed by atoms with Crippen molar-refractivity contribution in [2.45, 2.75) is 20.3 Å². The van der Waals surface area contributed by atoms with Gasteiger partial charge in [0.05, 0.1) is 12.3 Å². The van der Waals surface area contributed by atoms with E-state index in [1.165, 1.54) is 12.1 Å². The third-order valence-corrected chi connectivity index (χ3v) is 4.60. The molecule has 3 rings (SSSR count). The average Bonchev–Trinajstić information content (AvgIpc) is 2.67. The topological polar surface area (TPSA) is 75.7 Å². The van der Waals surface area contributed by atoms with E-state index in [4.69, 9.17) is 16.3 Å². The van der Waals surface area contributed by atoms with Crippen molar-refractivity contribution in [1.29, 1.82) is 0 Å². The molecule has 4 amide bonds. The number of anilines is 1. The normalized spacial score (nSPS) is 15.8. The van der Waals surface area contributed by atoms with E-state index in [0.717, 1.165) is 16.9 Å². The maximum atomic E-state index is 13.0. The highest BCUT2D eigenvalue weighted by molar-refractivity contribution is 6.39. The van der Waals surface area contributed by atoms with Gasteiger partial charge >= 0.3 is 6.03 Å². The van der Waals surface area contributed by atoms with E-state index < -0.39 is 17.8 Å². The molecule has 0 radical (unpaired) electrons. The number of barbiturate groups is 1. The molecule has 1 fully saturated rings. The number of benzene rings is 2. The molecule has 2 aromatic rings. The molecule has 0 unspecified atom stereocenters. The predicted molar refractivity (Wildman–Crippen MR) is 107 cm³/mol. The van der Waals surface area contributed by atoms with Crippen LogP contribution >= 0.6 is 11.6 Å². The third-order valence-electron chi connectivity index (χ3n) is 4.20. The first-order chi connectivity index (χ1) is 13.4. The molecule has 144 valence electrons. The number of hydrogen-bond donors (Lipinski definition) is 1. The standard InChI is InChI=1S/C21H19ClN2O4/c1-3-10-28-18-7-5-4-6-14(18)11-16-19(25)23-21(27)24(20(16)26)15-9-8-13(2)17(22)12-15/h4-9,11-12H,3,10H2,1-2H3,(H,23,25,27)/b16-11+. The number of para-hydroxylation sites is 1. The molecule has 1 aliphatic heterocycles. The van der Waals surface area contributed by atoms with Crippen molar-refractivity contribution in [2.75, 3.05) is 11.5 Å². The van der Waals surface area contributed by atoms with Gasteiger partial charge in [0.15, 0.2) is 0 Å². The molecular formula is C21H19ClN2O4. The van der Waals surface area contributed by atoms with Gasteiger partial charge in [-0.1, -0.05) is 42.8 Å². The fourth-order valence-corrected chi connectivity index (χ4v) is 2.89. The molecule has 1 heterocycles. The van der Waals surface area contributed by atoms with Crippen molar-refractivity contribution < 1.29 is 19.1 Å². The summed E-state index contributed by atoms with van der Waals surface area (Å²) in [5.41, 5.74) is 1.51. The Balaban J connectivity index is 2.01. The van der Waals surface area contributed by atoms with E-state index in [-0.39, 0.29) is 11.3 Å². The second-order valence-electron chi connectivity index (χ2n) is 6.28. The van der Waals surface area contributed by atoms with Crippen LogP contribution in [-0.4, -0.2) is 24.5 Å². The lowest BCUT2D eigenvalue weighted by atomic mass is 10.1. The Kier molecular flexibility index (Phi) is 5.80. The fraction of sp³-hybridized carbons (Fsp3) is 0.190. The van der Waals surface area contributed by atoms with Gasteiger partial charge in [0.25, 0.3) is 11.8 Å². The highest BCUT2D eigenvalue weighted by Gasteiger charge is 2.37. The minimum Gasteiger partial charge on any atom is -0.493 e. The number of urea groups is 1. The maximum Gasteiger partial charge on any atom is 0.335 e. The van der Waals surface area contributed by atoms with Crippen LogP contribution in [0.1, 0.15) is 24.5 Å². The van der Waals surface area contributed by atoms with Gasteiger partial charge in [-0.15, -0.1) is 0 Å². The number of aryl methyl sites for hydroxylation is 1. The van der Waals surface area contributed by atoms with Gasteiger partial charge in [-0.05, 0) is 43.2 Å². The summed E-state index contributed by atoms with van der Waals surface area (Å²) in [7, 11) is 0. The molecule has 1 N–H and O–H groups in total. The van der Waals surface area contributed by atoms with Crippen LogP contribution in [0.25, 0.3) is 6.08 Å². The zero-order valence-corrected chi connectivity index (χ0v) is 16.2. The van der Waals surface area contributed by atoms with Crippen LogP contribution in [0.4, 0.5) is 10.5 Å². The molecule has 2 aromatic carbocycles. The number of rotatable bonds is 5. The van der Waals surface area contributed by atoms with E-state index in [1.807, 2.05) is 13.8 Å². The van der Waals surface area contributed by atoms with Crippen LogP contribution < -0.4 is 15.0 Å². The Morgan fingerprint density at radius 3 is 2.61 bits per heavy atom. The number of nitrogens with one attached hydrogen (secondary N) is 1. The molecule has 0 aromatic heterocycles. The lowest BCUT2D eigenvalue weighted by molar-refractivity contribution is -0.122. The van der Waals surface area contributed by atoms with Crippen molar-refractivity contribution in [3.63, 3.8) is 0 Å². The summed E-state index contributed by atoms with van der Waals surface area (Å²) in [6, 6.07) is 11.1. The first-order valence-electron chi connectivity index (χ1n) is 8.81. The van der Waals surface area contributed by atoms with Crippen LogP contribution in [0.2, 0.25) is 5.02 Å². The molecule has 7 heteroatoms. The maximum absolute atomic E-state index is 13.0. The predicted octanol–water partition coefficient (Wildman–Crippen LogP) is 4.10. The number of ether oxygens (including phenoxy) is 1. The van der Waals surface area contributed by atoms with Gasteiger partial charge in [0.2, 0.25) is 0 Å². The number of carbonyl (C=O) groups is 3. The largest absolute Gasteiger partial charge is 0.493 e. The molecule has 0 saturated carbocycles. The zero-order valence-electron chi connectivity index (χ0n) is 15.5. The SMILES string of the molecule is CCCOc1ccccc1/C=C1\C(=O)NC(=O)N(c2ccc(C)c(Cl)c2)C1=O. The molecule has 0 bridgehead atoms. The minimum absolute atomic E-state index is 0.163. The molecule has 1 aliphatic rings. The highest BCUT2D eigenvalue weighted by Crippen LogP contribution is 2.28. The minimum atomic E-state index is -0.817. The summed E-state index contributed by atoms with van der Waals surface area (Å²) in [5, 5.41) is 2.62. The number of amides is 4. The molecule has 0 aliphatic carbocycles. The number of nitrogens with zero attached hydrogens (tertiary/aromatic N) is 1. The number of carbonyl (C=O) groups excluding carboxylic acids is 3. The smallest absolute Gasteiger partial charge is 0.335 e. The zero-order chi connectivity index (χ0) is 20.3. The van der Waals surface area contributed by atoms with Gasteiger partial charge < -0.3 is 4.74 Å². The van der Waals surface area contributed by atoms with E-state index in [2.05, 4.69) is 5.32 Å². The van der Waals surface area contributed by atoms with Crippen LogP contribution in [0.5, 0.6) is 5.75 Å². The summed E-state index contributed by atoms with van der Waals surface area (Å²) < 4.78 is 5.67. The summed E-state index contributed by atoms with van der Waals surface area (Å²) in [5.74, 6) is -0.923. The summed E-state index contributed by atoms with van der Waals surface area (Å²) in [6.07, 6.45) is 2.25. The Hall–Kier alpha value is -3.12. The van der Waals surface area contributed by atoms with Crippen LogP contribution in [0, 0.1) is 6.92 Å². The van der Waals surface area contributed by atoms with E-state index >= 15 is 0 Å². The molecule has 6 nitrogen and oxygen atoms in total. The second kappa shape index (κ2) is 8.27.